The Morgan fingerprint density at radius 2 is 1.70 bits per heavy atom. The topological polar surface area (TPSA) is 112 Å². The van der Waals surface area contributed by atoms with E-state index >= 15 is 0 Å². The zero-order valence-electron chi connectivity index (χ0n) is 25.1. The first-order valence-electron chi connectivity index (χ1n) is 15.1. The smallest absolute Gasteiger partial charge is 0.343 e. The maximum Gasteiger partial charge on any atom is 0.343 e. The van der Waals surface area contributed by atoms with Gasteiger partial charge in [-0.3, -0.25) is 0 Å². The van der Waals surface area contributed by atoms with Crippen LogP contribution in [0.25, 0.3) is 0 Å². The summed E-state index contributed by atoms with van der Waals surface area (Å²) in [6.07, 6.45) is 11.9. The molecule has 2 aromatic carbocycles. The molecule has 0 spiro atoms. The zero-order valence-corrected chi connectivity index (χ0v) is 25.1. The zero-order chi connectivity index (χ0) is 31.0. The SMILES string of the molecule is C=CC(=O)OCC(CCCCOc1ccc(C(=O)Oc2ccc(C3CCC(CCC)CC3)cc2C=N)cc1)OC(=O)C=C. The summed E-state index contributed by atoms with van der Waals surface area (Å²) in [6.45, 7) is 9.32. The number of rotatable bonds is 17. The Labute approximate surface area is 254 Å². The molecule has 0 bridgehead atoms. The molecule has 0 aliphatic heterocycles. The average Bonchev–Trinajstić information content (AvgIpc) is 3.04. The minimum absolute atomic E-state index is 0.0612. The highest BCUT2D eigenvalue weighted by Crippen LogP contribution is 2.38. The Balaban J connectivity index is 1.46. The van der Waals surface area contributed by atoms with Gasteiger partial charge in [-0.1, -0.05) is 39.0 Å². The lowest BCUT2D eigenvalue weighted by molar-refractivity contribution is -0.153. The van der Waals surface area contributed by atoms with Crippen LogP contribution < -0.4 is 9.47 Å². The van der Waals surface area contributed by atoms with Crippen molar-refractivity contribution in [2.75, 3.05) is 13.2 Å². The van der Waals surface area contributed by atoms with Crippen LogP contribution in [-0.2, 0) is 19.1 Å². The van der Waals surface area contributed by atoms with Crippen LogP contribution in [0, 0.1) is 11.3 Å². The summed E-state index contributed by atoms with van der Waals surface area (Å²) < 4.78 is 21.7. The predicted octanol–water partition coefficient (Wildman–Crippen LogP) is 7.35. The van der Waals surface area contributed by atoms with E-state index in [1.54, 1.807) is 30.3 Å². The largest absolute Gasteiger partial charge is 0.494 e. The van der Waals surface area contributed by atoms with Gasteiger partial charge < -0.3 is 24.4 Å². The van der Waals surface area contributed by atoms with Crippen LogP contribution in [0.5, 0.6) is 11.5 Å². The molecule has 2 aromatic rings. The van der Waals surface area contributed by atoms with Crippen molar-refractivity contribution in [1.29, 1.82) is 5.41 Å². The van der Waals surface area contributed by atoms with Gasteiger partial charge in [0.25, 0.3) is 0 Å². The molecule has 1 fully saturated rings. The molecular formula is C35H43NO7. The number of carbonyl (C=O) groups excluding carboxylic acids is 3. The standard InChI is InChI=1S/C35H43NO7/c1-4-9-25-11-13-26(14-12-25)28-17-20-32(29(22-28)23-36)43-35(39)27-15-18-30(19-16-27)40-21-8-7-10-31(42-34(38)6-3)24-41-33(37)5-2/h5-6,15-20,22-23,25-26,31,36H,2-4,7-14,21,24H2,1H3. The normalized spacial score (nSPS) is 16.8. The average molecular weight is 590 g/mol. The van der Waals surface area contributed by atoms with Crippen molar-refractivity contribution in [2.24, 2.45) is 5.92 Å². The molecule has 0 saturated heterocycles. The van der Waals surface area contributed by atoms with Gasteiger partial charge in [-0.05, 0) is 98.7 Å². The summed E-state index contributed by atoms with van der Waals surface area (Å²) in [6, 6.07) is 12.5. The molecule has 0 amide bonds. The maximum atomic E-state index is 12.8. The third-order valence-electron chi connectivity index (χ3n) is 7.71. The van der Waals surface area contributed by atoms with Gasteiger partial charge in [-0.25, -0.2) is 14.4 Å². The molecule has 1 atom stereocenters. The van der Waals surface area contributed by atoms with E-state index < -0.39 is 24.0 Å². The lowest BCUT2D eigenvalue weighted by Gasteiger charge is -2.29. The van der Waals surface area contributed by atoms with Crippen molar-refractivity contribution < 1.29 is 33.3 Å². The molecule has 230 valence electrons. The van der Waals surface area contributed by atoms with E-state index in [1.165, 1.54) is 37.5 Å². The van der Waals surface area contributed by atoms with E-state index in [-0.39, 0.29) is 6.61 Å². The second-order valence-corrected chi connectivity index (χ2v) is 10.8. The number of hydrogen-bond donors (Lipinski definition) is 1. The van der Waals surface area contributed by atoms with E-state index in [0.29, 0.717) is 54.4 Å². The summed E-state index contributed by atoms with van der Waals surface area (Å²) in [4.78, 5) is 35.7. The molecule has 3 rings (SSSR count). The maximum absolute atomic E-state index is 12.8. The van der Waals surface area contributed by atoms with Crippen molar-refractivity contribution in [3.8, 4) is 11.5 Å². The molecule has 1 aliphatic carbocycles. The number of ether oxygens (including phenoxy) is 4. The molecular weight excluding hydrogens is 546 g/mol. The summed E-state index contributed by atoms with van der Waals surface area (Å²) in [5, 5.41) is 7.88. The van der Waals surface area contributed by atoms with Gasteiger partial charge in [-0.2, -0.15) is 0 Å². The highest BCUT2D eigenvalue weighted by molar-refractivity contribution is 5.93. The Morgan fingerprint density at radius 3 is 2.35 bits per heavy atom. The number of carbonyl (C=O) groups is 3. The Kier molecular flexibility index (Phi) is 13.7. The first kappa shape index (κ1) is 33.3. The van der Waals surface area contributed by atoms with Gasteiger partial charge in [0.2, 0.25) is 0 Å². The second-order valence-electron chi connectivity index (χ2n) is 10.8. The van der Waals surface area contributed by atoms with Crippen molar-refractivity contribution in [3.63, 3.8) is 0 Å². The van der Waals surface area contributed by atoms with Gasteiger partial charge in [0.05, 0.1) is 12.2 Å². The molecule has 1 N–H and O–H groups in total. The molecule has 8 nitrogen and oxygen atoms in total. The molecule has 0 aromatic heterocycles. The van der Waals surface area contributed by atoms with Crippen LogP contribution in [-0.4, -0.2) is 43.4 Å². The fourth-order valence-electron chi connectivity index (χ4n) is 5.35. The van der Waals surface area contributed by atoms with E-state index in [4.69, 9.17) is 24.4 Å². The minimum Gasteiger partial charge on any atom is -0.494 e. The van der Waals surface area contributed by atoms with Crippen LogP contribution in [0.3, 0.4) is 0 Å². The van der Waals surface area contributed by atoms with Crippen LogP contribution in [0.4, 0.5) is 0 Å². The molecule has 8 heteroatoms. The van der Waals surface area contributed by atoms with Gasteiger partial charge >= 0.3 is 17.9 Å². The van der Waals surface area contributed by atoms with E-state index in [2.05, 4.69) is 20.1 Å². The second kappa shape index (κ2) is 17.7. The summed E-state index contributed by atoms with van der Waals surface area (Å²) in [7, 11) is 0. The van der Waals surface area contributed by atoms with Crippen molar-refractivity contribution in [1.82, 2.24) is 0 Å². The summed E-state index contributed by atoms with van der Waals surface area (Å²) in [5.41, 5.74) is 2.18. The van der Waals surface area contributed by atoms with Crippen LogP contribution >= 0.6 is 0 Å². The Morgan fingerprint density at radius 1 is 0.977 bits per heavy atom. The highest BCUT2D eigenvalue weighted by atomic mass is 16.6. The van der Waals surface area contributed by atoms with E-state index in [0.717, 1.165) is 30.9 Å². The van der Waals surface area contributed by atoms with Crippen LogP contribution in [0.1, 0.15) is 92.1 Å². The molecule has 43 heavy (non-hydrogen) atoms. The molecule has 0 radical (unpaired) electrons. The lowest BCUT2D eigenvalue weighted by atomic mass is 9.77. The number of benzene rings is 2. The van der Waals surface area contributed by atoms with Crippen molar-refractivity contribution in [3.05, 3.63) is 84.5 Å². The molecule has 1 aliphatic rings. The Hall–Kier alpha value is -4.20. The quantitative estimate of drug-likeness (QED) is 0.0675. The van der Waals surface area contributed by atoms with E-state index in [9.17, 15) is 14.4 Å². The first-order valence-corrected chi connectivity index (χ1v) is 15.1. The molecule has 1 unspecified atom stereocenters. The Bertz CT molecular complexity index is 1250. The highest BCUT2D eigenvalue weighted by Gasteiger charge is 2.23. The number of hydrogen-bond acceptors (Lipinski definition) is 8. The number of unbranched alkanes of at least 4 members (excludes halogenated alkanes) is 1. The molecule has 1 saturated carbocycles. The third kappa shape index (κ3) is 10.9. The fourth-order valence-corrected chi connectivity index (χ4v) is 5.35. The first-order chi connectivity index (χ1) is 20.9. The fraction of sp³-hybridized carbons (Fsp3) is 0.429. The monoisotopic (exact) mass is 589 g/mol. The molecule has 0 heterocycles. The van der Waals surface area contributed by atoms with Gasteiger partial charge in [0.1, 0.15) is 24.2 Å². The van der Waals surface area contributed by atoms with Gasteiger partial charge in [0.15, 0.2) is 0 Å². The van der Waals surface area contributed by atoms with Crippen LogP contribution in [0.2, 0.25) is 0 Å². The van der Waals surface area contributed by atoms with Crippen LogP contribution in [0.15, 0.2) is 67.8 Å². The van der Waals surface area contributed by atoms with Gasteiger partial charge in [-0.15, -0.1) is 0 Å². The van der Waals surface area contributed by atoms with Gasteiger partial charge in [0, 0.05) is 23.9 Å². The lowest BCUT2D eigenvalue weighted by Crippen LogP contribution is -2.24. The summed E-state index contributed by atoms with van der Waals surface area (Å²) in [5.74, 6) is 0.626. The number of esters is 3. The third-order valence-corrected chi connectivity index (χ3v) is 7.71. The summed E-state index contributed by atoms with van der Waals surface area (Å²) >= 11 is 0. The predicted molar refractivity (Wildman–Crippen MR) is 166 cm³/mol. The van der Waals surface area contributed by atoms with Crippen molar-refractivity contribution >= 4 is 24.1 Å². The minimum atomic E-state index is -0.588. The van der Waals surface area contributed by atoms with E-state index in [1.807, 2.05) is 12.1 Å². The number of nitrogens with one attached hydrogen (secondary N) is 1. The van der Waals surface area contributed by atoms with Crippen molar-refractivity contribution in [2.45, 2.75) is 76.7 Å².